The highest BCUT2D eigenvalue weighted by molar-refractivity contribution is 5.92. The van der Waals surface area contributed by atoms with E-state index in [0.717, 1.165) is 27.6 Å². The van der Waals surface area contributed by atoms with Crippen LogP contribution in [-0.2, 0) is 29.1 Å². The lowest BCUT2D eigenvalue weighted by Gasteiger charge is -2.54. The van der Waals surface area contributed by atoms with E-state index < -0.39 is 12.2 Å². The number of hydrazine groups is 1. The topological polar surface area (TPSA) is 109 Å². The maximum Gasteiger partial charge on any atom is 0.334 e. The molecule has 2 N–H and O–H groups in total. The number of fused-ring (bicyclic) bond motifs is 2. The molecule has 2 fully saturated rings. The summed E-state index contributed by atoms with van der Waals surface area (Å²) in [5.74, 6) is -0.292. The number of hydrogen-bond donors (Lipinski definition) is 2. The van der Waals surface area contributed by atoms with Crippen molar-refractivity contribution in [3.8, 4) is 5.75 Å². The molecule has 4 amide bonds. The van der Waals surface area contributed by atoms with Crippen molar-refractivity contribution in [2.24, 2.45) is 0 Å². The van der Waals surface area contributed by atoms with E-state index in [0.29, 0.717) is 13.1 Å². The van der Waals surface area contributed by atoms with E-state index in [9.17, 15) is 19.5 Å². The average molecular weight is 581 g/mol. The van der Waals surface area contributed by atoms with Gasteiger partial charge < -0.3 is 20.2 Å². The summed E-state index contributed by atoms with van der Waals surface area (Å²) in [6, 6.07) is 24.8. The Balaban J connectivity index is 0.00000368. The van der Waals surface area contributed by atoms with Crippen LogP contribution in [-0.4, -0.2) is 80.1 Å². The molecule has 222 valence electrons. The number of phenols is 1. The number of nitrogens with one attached hydrogen (secondary N) is 1. The summed E-state index contributed by atoms with van der Waals surface area (Å²) < 4.78 is 0. The number of piperazine rings is 1. The largest absolute Gasteiger partial charge is 0.508 e. The Hall–Kier alpha value is -4.96. The van der Waals surface area contributed by atoms with Crippen LogP contribution < -0.4 is 5.32 Å². The summed E-state index contributed by atoms with van der Waals surface area (Å²) in [5.41, 5.74) is 3.49. The monoisotopic (exact) mass is 580 g/mol. The highest BCUT2D eigenvalue weighted by Gasteiger charge is 2.50. The first-order valence-electron chi connectivity index (χ1n) is 13.9. The second-order valence-electron chi connectivity index (χ2n) is 10.7. The molecule has 43 heavy (non-hydrogen) atoms. The molecule has 10 heteroatoms. The molecular formula is C33H36N6O4. The highest BCUT2D eigenvalue weighted by atomic mass is 16.3. The van der Waals surface area contributed by atoms with E-state index in [1.807, 2.05) is 60.7 Å². The van der Waals surface area contributed by atoms with Gasteiger partial charge in [0.1, 0.15) is 18.0 Å². The smallest absolute Gasteiger partial charge is 0.334 e. The number of likely N-dealkylation sites (N-methyl/N-ethyl adjacent to an activating group) is 1. The van der Waals surface area contributed by atoms with E-state index >= 15 is 0 Å². The van der Waals surface area contributed by atoms with Crippen LogP contribution in [0.3, 0.4) is 0 Å². The first-order chi connectivity index (χ1) is 20.4. The van der Waals surface area contributed by atoms with Gasteiger partial charge in [0.05, 0.1) is 18.6 Å². The van der Waals surface area contributed by atoms with Crippen LogP contribution in [0.25, 0.3) is 10.9 Å². The number of aromatic nitrogens is 1. The Bertz CT molecular complexity index is 1610. The minimum Gasteiger partial charge on any atom is -0.508 e. The van der Waals surface area contributed by atoms with E-state index in [2.05, 4.69) is 10.3 Å². The predicted octanol–water partition coefficient (Wildman–Crippen LogP) is 3.76. The van der Waals surface area contributed by atoms with Crippen molar-refractivity contribution in [2.75, 3.05) is 20.1 Å². The van der Waals surface area contributed by atoms with E-state index in [4.69, 9.17) is 0 Å². The number of amides is 4. The number of rotatable bonds is 6. The molecule has 2 aliphatic heterocycles. The third kappa shape index (κ3) is 6.14. The van der Waals surface area contributed by atoms with Gasteiger partial charge in [-0.05, 0) is 41.0 Å². The second kappa shape index (κ2) is 12.5. The minimum absolute atomic E-state index is 0. The van der Waals surface area contributed by atoms with Crippen molar-refractivity contribution >= 4 is 28.7 Å². The van der Waals surface area contributed by atoms with Crippen LogP contribution >= 0.6 is 0 Å². The Morgan fingerprint density at radius 2 is 1.70 bits per heavy atom. The molecule has 10 nitrogen and oxygen atoms in total. The molecule has 2 aliphatic rings. The number of benzene rings is 3. The minimum atomic E-state index is -0.822. The zero-order valence-corrected chi connectivity index (χ0v) is 23.3. The normalized spacial score (nSPS) is 18.8. The molecule has 6 rings (SSSR count). The standard InChI is InChI=1S/C32H32N6O4.CH4/c1-35-21-30(40)37-28(17-22-10-13-26(39)14-11-22)31(41)36(19-24-9-12-25-8-5-15-33-27(25)16-24)20-29(37)38(35)32(42)34-18-23-6-3-2-4-7-23;/h2-16,28-29,39H,17-21H2,1H3,(H,34,42);1H4/t28-,29-;/m0./s1. The van der Waals surface area contributed by atoms with Crippen LogP contribution in [0, 0.1) is 0 Å². The molecule has 0 radical (unpaired) electrons. The molecule has 2 saturated heterocycles. The van der Waals surface area contributed by atoms with Gasteiger partial charge in [-0.2, -0.15) is 0 Å². The molecular weight excluding hydrogens is 544 g/mol. The fourth-order valence-electron chi connectivity index (χ4n) is 5.79. The summed E-state index contributed by atoms with van der Waals surface area (Å²) in [5, 5.41) is 16.9. The number of carbonyl (C=O) groups excluding carboxylic acids is 3. The van der Waals surface area contributed by atoms with Crippen LogP contribution in [0.5, 0.6) is 5.75 Å². The Labute approximate surface area is 251 Å². The maximum atomic E-state index is 14.1. The number of nitrogens with zero attached hydrogens (tertiary/aromatic N) is 5. The molecule has 2 atom stereocenters. The number of carbonyl (C=O) groups is 3. The van der Waals surface area contributed by atoms with Gasteiger partial charge >= 0.3 is 6.03 Å². The fraction of sp³-hybridized carbons (Fsp3) is 0.273. The molecule has 0 unspecified atom stereocenters. The average Bonchev–Trinajstić information content (AvgIpc) is 2.99. The lowest BCUT2D eigenvalue weighted by molar-refractivity contribution is -0.187. The fourth-order valence-corrected chi connectivity index (χ4v) is 5.79. The van der Waals surface area contributed by atoms with Gasteiger partial charge in [0, 0.05) is 38.1 Å². The van der Waals surface area contributed by atoms with Crippen molar-refractivity contribution < 1.29 is 19.5 Å². The van der Waals surface area contributed by atoms with Gasteiger partial charge in [0.25, 0.3) is 0 Å². The molecule has 0 spiro atoms. The van der Waals surface area contributed by atoms with Gasteiger partial charge in [0.15, 0.2) is 0 Å². The molecule has 0 aliphatic carbocycles. The third-order valence-electron chi connectivity index (χ3n) is 7.84. The molecule has 3 aromatic carbocycles. The van der Waals surface area contributed by atoms with Crippen molar-refractivity contribution in [3.05, 3.63) is 108 Å². The van der Waals surface area contributed by atoms with Gasteiger partial charge in [-0.15, -0.1) is 0 Å². The van der Waals surface area contributed by atoms with Crippen LogP contribution in [0.15, 0.2) is 91.1 Å². The molecule has 4 aromatic rings. The molecule has 0 saturated carbocycles. The van der Waals surface area contributed by atoms with Gasteiger partial charge in [-0.3, -0.25) is 14.6 Å². The Morgan fingerprint density at radius 1 is 0.953 bits per heavy atom. The van der Waals surface area contributed by atoms with E-state index in [1.54, 1.807) is 57.3 Å². The van der Waals surface area contributed by atoms with Gasteiger partial charge in [0.2, 0.25) is 11.8 Å². The first-order valence-corrected chi connectivity index (χ1v) is 13.9. The van der Waals surface area contributed by atoms with Crippen molar-refractivity contribution in [1.82, 2.24) is 30.1 Å². The van der Waals surface area contributed by atoms with E-state index in [1.165, 1.54) is 0 Å². The number of pyridine rings is 1. The quantitative estimate of drug-likeness (QED) is 0.360. The number of urea groups is 1. The number of aromatic hydroxyl groups is 1. The molecule has 1 aromatic heterocycles. The summed E-state index contributed by atoms with van der Waals surface area (Å²) >= 11 is 0. The van der Waals surface area contributed by atoms with Crippen molar-refractivity contribution in [1.29, 1.82) is 0 Å². The Morgan fingerprint density at radius 3 is 2.47 bits per heavy atom. The van der Waals surface area contributed by atoms with Crippen molar-refractivity contribution in [3.63, 3.8) is 0 Å². The highest BCUT2D eigenvalue weighted by Crippen LogP contribution is 2.29. The van der Waals surface area contributed by atoms with Crippen molar-refractivity contribution in [2.45, 2.75) is 39.1 Å². The summed E-state index contributed by atoms with van der Waals surface area (Å²) in [7, 11) is 1.71. The van der Waals surface area contributed by atoms with Crippen LogP contribution in [0.1, 0.15) is 24.1 Å². The van der Waals surface area contributed by atoms with Gasteiger partial charge in [-0.25, -0.2) is 14.8 Å². The maximum absolute atomic E-state index is 14.1. The summed E-state index contributed by atoms with van der Waals surface area (Å²) in [6.45, 7) is 0.748. The van der Waals surface area contributed by atoms with Gasteiger partial charge in [-0.1, -0.05) is 68.1 Å². The lowest BCUT2D eigenvalue weighted by atomic mass is 9.98. The second-order valence-corrected chi connectivity index (χ2v) is 10.7. The van der Waals surface area contributed by atoms with Crippen LogP contribution in [0.4, 0.5) is 4.79 Å². The SMILES string of the molecule is C.CN1CC(=O)N2[C@@H](Cc3ccc(O)cc3)C(=O)N(Cc3ccc4cccnc4c3)C[C@@H]2N1C(=O)NCc1ccccc1. The zero-order chi connectivity index (χ0) is 29.2. The van der Waals surface area contributed by atoms with E-state index in [-0.39, 0.29) is 50.5 Å². The lowest BCUT2D eigenvalue weighted by Crippen LogP contribution is -2.76. The molecule has 3 heterocycles. The van der Waals surface area contributed by atoms with Crippen LogP contribution in [0.2, 0.25) is 0 Å². The summed E-state index contributed by atoms with van der Waals surface area (Å²) in [4.78, 5) is 48.9. The number of hydrogen-bond acceptors (Lipinski definition) is 6. The zero-order valence-electron chi connectivity index (χ0n) is 23.3. The first kappa shape index (κ1) is 29.5. The number of phenolic OH excluding ortho intramolecular Hbond substituents is 1. The predicted molar refractivity (Wildman–Crippen MR) is 163 cm³/mol. The summed E-state index contributed by atoms with van der Waals surface area (Å²) in [6.07, 6.45) is 1.28. The Kier molecular flexibility index (Phi) is 8.58. The third-order valence-corrected chi connectivity index (χ3v) is 7.84. The molecule has 0 bridgehead atoms.